The quantitative estimate of drug-likeness (QED) is 0.911. The van der Waals surface area contributed by atoms with Crippen molar-refractivity contribution >= 4 is 18.4 Å². The summed E-state index contributed by atoms with van der Waals surface area (Å²) in [6.07, 6.45) is 3.66. The second-order valence-electron chi connectivity index (χ2n) is 4.85. The van der Waals surface area contributed by atoms with Gasteiger partial charge in [0.2, 0.25) is 0 Å². The lowest BCUT2D eigenvalue weighted by molar-refractivity contribution is -0.142. The summed E-state index contributed by atoms with van der Waals surface area (Å²) in [6, 6.07) is 1.98. The maximum Gasteiger partial charge on any atom is 0.320 e. The van der Waals surface area contributed by atoms with Crippen molar-refractivity contribution in [3.63, 3.8) is 0 Å². The second-order valence-corrected chi connectivity index (χ2v) is 4.85. The molecule has 1 aliphatic heterocycles. The number of carboxylic acid groups (broad SMARTS) is 1. The van der Waals surface area contributed by atoms with Gasteiger partial charge in [-0.3, -0.25) is 14.4 Å². The molecule has 6 heteroatoms. The smallest absolute Gasteiger partial charge is 0.320 e. The van der Waals surface area contributed by atoms with Gasteiger partial charge in [-0.15, -0.1) is 12.4 Å². The van der Waals surface area contributed by atoms with Crippen LogP contribution in [0.3, 0.4) is 0 Å². The third kappa shape index (κ3) is 3.23. The minimum atomic E-state index is -0.717. The highest BCUT2D eigenvalue weighted by Gasteiger charge is 2.30. The summed E-state index contributed by atoms with van der Waals surface area (Å²) >= 11 is 0. The standard InChI is InChI=1S/C12H19N3O2.ClH/c1-9(2)15-7-5-10(13-15)8-14-6-3-4-11(14)12(16)17;/h5,7,9,11H,3-4,6,8H2,1-2H3,(H,16,17);1H. The molecule has 1 saturated heterocycles. The van der Waals surface area contributed by atoms with E-state index in [1.54, 1.807) is 0 Å². The molecular weight excluding hydrogens is 254 g/mol. The highest BCUT2D eigenvalue weighted by Crippen LogP contribution is 2.19. The zero-order chi connectivity index (χ0) is 12.4. The van der Waals surface area contributed by atoms with Gasteiger partial charge in [0.15, 0.2) is 0 Å². The van der Waals surface area contributed by atoms with E-state index < -0.39 is 5.97 Å². The van der Waals surface area contributed by atoms with E-state index >= 15 is 0 Å². The SMILES string of the molecule is CC(C)n1ccc(CN2CCCC2C(=O)O)n1.Cl. The van der Waals surface area contributed by atoms with E-state index in [-0.39, 0.29) is 18.4 Å². The van der Waals surface area contributed by atoms with E-state index in [4.69, 9.17) is 5.11 Å². The number of hydrogen-bond donors (Lipinski definition) is 1. The lowest BCUT2D eigenvalue weighted by atomic mass is 10.2. The van der Waals surface area contributed by atoms with Crippen molar-refractivity contribution in [2.24, 2.45) is 0 Å². The summed E-state index contributed by atoms with van der Waals surface area (Å²) in [5.41, 5.74) is 0.951. The fourth-order valence-corrected chi connectivity index (χ4v) is 2.25. The fraction of sp³-hybridized carbons (Fsp3) is 0.667. The molecule has 0 bridgehead atoms. The molecular formula is C12H20ClN3O2. The molecule has 2 rings (SSSR count). The number of carbonyl (C=O) groups is 1. The van der Waals surface area contributed by atoms with Crippen molar-refractivity contribution in [1.29, 1.82) is 0 Å². The molecule has 18 heavy (non-hydrogen) atoms. The van der Waals surface area contributed by atoms with Crippen molar-refractivity contribution in [3.05, 3.63) is 18.0 Å². The topological polar surface area (TPSA) is 58.4 Å². The van der Waals surface area contributed by atoms with Crippen LogP contribution in [0.1, 0.15) is 38.4 Å². The van der Waals surface area contributed by atoms with Crippen LogP contribution in [0, 0.1) is 0 Å². The summed E-state index contributed by atoms with van der Waals surface area (Å²) in [4.78, 5) is 13.0. The van der Waals surface area contributed by atoms with Crippen molar-refractivity contribution < 1.29 is 9.90 Å². The van der Waals surface area contributed by atoms with Gasteiger partial charge in [0.25, 0.3) is 0 Å². The van der Waals surface area contributed by atoms with Crippen LogP contribution in [0.5, 0.6) is 0 Å². The molecule has 0 aliphatic carbocycles. The Hall–Kier alpha value is -1.07. The first-order chi connectivity index (χ1) is 8.08. The highest BCUT2D eigenvalue weighted by atomic mass is 35.5. The number of likely N-dealkylation sites (tertiary alicyclic amines) is 1. The molecule has 0 spiro atoms. The van der Waals surface area contributed by atoms with Gasteiger partial charge in [-0.2, -0.15) is 5.10 Å². The highest BCUT2D eigenvalue weighted by molar-refractivity contribution is 5.85. The molecule has 1 aliphatic rings. The Balaban J connectivity index is 0.00000162. The van der Waals surface area contributed by atoms with Gasteiger partial charge in [-0.05, 0) is 39.3 Å². The molecule has 1 unspecified atom stereocenters. The maximum atomic E-state index is 11.0. The van der Waals surface area contributed by atoms with E-state index in [9.17, 15) is 4.79 Å². The normalized spacial score (nSPS) is 20.1. The zero-order valence-electron chi connectivity index (χ0n) is 10.7. The summed E-state index contributed by atoms with van der Waals surface area (Å²) < 4.78 is 1.90. The van der Waals surface area contributed by atoms with Gasteiger partial charge < -0.3 is 5.11 Å². The minimum absolute atomic E-state index is 0. The third-order valence-corrected chi connectivity index (χ3v) is 3.21. The number of nitrogens with zero attached hydrogens (tertiary/aromatic N) is 3. The Morgan fingerprint density at radius 1 is 1.61 bits per heavy atom. The molecule has 5 nitrogen and oxygen atoms in total. The molecule has 1 N–H and O–H groups in total. The first-order valence-corrected chi connectivity index (χ1v) is 6.09. The fourth-order valence-electron chi connectivity index (χ4n) is 2.25. The van der Waals surface area contributed by atoms with Crippen LogP contribution in [-0.2, 0) is 11.3 Å². The first kappa shape index (κ1) is 15.0. The van der Waals surface area contributed by atoms with Gasteiger partial charge in [0, 0.05) is 18.8 Å². The van der Waals surface area contributed by atoms with Crippen LogP contribution in [0.2, 0.25) is 0 Å². The molecule has 1 atom stereocenters. The van der Waals surface area contributed by atoms with Gasteiger partial charge in [0.05, 0.1) is 5.69 Å². The van der Waals surface area contributed by atoms with Crippen LogP contribution < -0.4 is 0 Å². The Bertz CT molecular complexity index is 406. The molecule has 0 amide bonds. The molecule has 1 fully saturated rings. The van der Waals surface area contributed by atoms with Gasteiger partial charge >= 0.3 is 5.97 Å². The van der Waals surface area contributed by atoms with Crippen LogP contribution >= 0.6 is 12.4 Å². The lowest BCUT2D eigenvalue weighted by Gasteiger charge is -2.19. The Morgan fingerprint density at radius 2 is 2.33 bits per heavy atom. The number of aliphatic carboxylic acids is 1. The van der Waals surface area contributed by atoms with Crippen molar-refractivity contribution in [2.45, 2.75) is 45.3 Å². The van der Waals surface area contributed by atoms with Gasteiger partial charge in [-0.1, -0.05) is 0 Å². The summed E-state index contributed by atoms with van der Waals surface area (Å²) in [5.74, 6) is -0.717. The minimum Gasteiger partial charge on any atom is -0.480 e. The third-order valence-electron chi connectivity index (χ3n) is 3.21. The lowest BCUT2D eigenvalue weighted by Crippen LogP contribution is -2.35. The van der Waals surface area contributed by atoms with Crippen LogP contribution in [0.25, 0.3) is 0 Å². The monoisotopic (exact) mass is 273 g/mol. The second kappa shape index (κ2) is 6.20. The van der Waals surface area contributed by atoms with Crippen molar-refractivity contribution in [3.8, 4) is 0 Å². The summed E-state index contributed by atoms with van der Waals surface area (Å²) in [6.45, 7) is 5.64. The van der Waals surface area contributed by atoms with Gasteiger partial charge in [-0.25, -0.2) is 0 Å². The van der Waals surface area contributed by atoms with E-state index in [1.807, 2.05) is 21.8 Å². The number of rotatable bonds is 4. The molecule has 1 aromatic heterocycles. The molecule has 0 saturated carbocycles. The molecule has 102 valence electrons. The van der Waals surface area contributed by atoms with Crippen LogP contribution in [-0.4, -0.2) is 38.3 Å². The molecule has 2 heterocycles. The average molecular weight is 274 g/mol. The van der Waals surface area contributed by atoms with Crippen LogP contribution in [0.15, 0.2) is 12.3 Å². The predicted molar refractivity (Wildman–Crippen MR) is 70.9 cm³/mol. The molecule has 0 aromatic carbocycles. The Morgan fingerprint density at radius 3 is 2.89 bits per heavy atom. The van der Waals surface area contributed by atoms with Crippen molar-refractivity contribution in [2.75, 3.05) is 6.54 Å². The number of carboxylic acids is 1. The number of halogens is 1. The Labute approximate surface area is 113 Å². The van der Waals surface area contributed by atoms with Crippen molar-refractivity contribution in [1.82, 2.24) is 14.7 Å². The Kier molecular flexibility index (Phi) is 5.16. The molecule has 1 aromatic rings. The van der Waals surface area contributed by atoms with E-state index in [1.165, 1.54) is 0 Å². The zero-order valence-corrected chi connectivity index (χ0v) is 11.6. The average Bonchev–Trinajstić information content (AvgIpc) is 2.86. The van der Waals surface area contributed by atoms with E-state index in [2.05, 4.69) is 18.9 Å². The van der Waals surface area contributed by atoms with E-state index in [0.29, 0.717) is 12.6 Å². The summed E-state index contributed by atoms with van der Waals surface area (Å²) in [7, 11) is 0. The van der Waals surface area contributed by atoms with Gasteiger partial charge in [0.1, 0.15) is 6.04 Å². The van der Waals surface area contributed by atoms with E-state index in [0.717, 1.165) is 25.1 Å². The predicted octanol–water partition coefficient (Wildman–Crippen LogP) is 1.93. The number of hydrogen-bond acceptors (Lipinski definition) is 3. The van der Waals surface area contributed by atoms with Crippen LogP contribution in [0.4, 0.5) is 0 Å². The summed E-state index contributed by atoms with van der Waals surface area (Å²) in [5, 5.41) is 13.5. The first-order valence-electron chi connectivity index (χ1n) is 6.09. The molecule has 0 radical (unpaired) electrons. The maximum absolute atomic E-state index is 11.0. The largest absolute Gasteiger partial charge is 0.480 e. The number of aromatic nitrogens is 2.